The summed E-state index contributed by atoms with van der Waals surface area (Å²) in [6, 6.07) is 0.643. The van der Waals surface area contributed by atoms with Gasteiger partial charge in [0.1, 0.15) is 0 Å². The summed E-state index contributed by atoms with van der Waals surface area (Å²) in [6.07, 6.45) is 6.87. The lowest BCUT2D eigenvalue weighted by Crippen LogP contribution is -2.34. The number of rotatable bonds is 5. The van der Waals surface area contributed by atoms with Gasteiger partial charge in [-0.3, -0.25) is 0 Å². The molecule has 0 aromatic carbocycles. The summed E-state index contributed by atoms with van der Waals surface area (Å²) in [5.74, 6) is 2.24. The van der Waals surface area contributed by atoms with Gasteiger partial charge in [0.2, 0.25) is 5.89 Å². The number of nitrogens with one attached hydrogen (secondary N) is 1. The first-order valence-electron chi connectivity index (χ1n) is 6.79. The molecule has 1 aromatic heterocycles. The van der Waals surface area contributed by atoms with Crippen LogP contribution in [-0.4, -0.2) is 22.7 Å². The number of nitrogens with zero attached hydrogens (tertiary/aromatic N) is 2. The van der Waals surface area contributed by atoms with E-state index in [1.807, 2.05) is 0 Å². The summed E-state index contributed by atoms with van der Waals surface area (Å²) in [5, 5.41) is 7.55. The van der Waals surface area contributed by atoms with Gasteiger partial charge in [0.05, 0.1) is 0 Å². The van der Waals surface area contributed by atoms with Gasteiger partial charge in [-0.25, -0.2) is 0 Å². The highest BCUT2D eigenvalue weighted by atomic mass is 16.5. The second-order valence-corrected chi connectivity index (χ2v) is 5.39. The molecular weight excluding hydrogens is 214 g/mol. The first-order valence-corrected chi connectivity index (χ1v) is 6.79. The average Bonchev–Trinajstić information content (AvgIpc) is 2.75. The summed E-state index contributed by atoms with van der Waals surface area (Å²) in [4.78, 5) is 4.43. The Kier molecular flexibility index (Phi) is 4.54. The third-order valence-electron chi connectivity index (χ3n) is 3.22. The van der Waals surface area contributed by atoms with Crippen molar-refractivity contribution in [2.45, 2.75) is 58.4 Å². The maximum Gasteiger partial charge on any atom is 0.226 e. The van der Waals surface area contributed by atoms with Crippen LogP contribution in [0.25, 0.3) is 0 Å². The Morgan fingerprint density at radius 2 is 2.29 bits per heavy atom. The minimum atomic E-state index is 0.584. The second kappa shape index (κ2) is 6.15. The lowest BCUT2D eigenvalue weighted by atomic mass is 10.0. The standard InChI is InChI=1S/C13H23N3O/c1-10(2)9-12-15-13(17-16-12)7-6-11-5-3-4-8-14-11/h10-11,14H,3-9H2,1-2H3. The van der Waals surface area contributed by atoms with E-state index in [0.717, 1.165) is 37.5 Å². The van der Waals surface area contributed by atoms with Crippen molar-refractivity contribution in [3.63, 3.8) is 0 Å². The molecular formula is C13H23N3O. The predicted molar refractivity (Wildman–Crippen MR) is 66.8 cm³/mol. The van der Waals surface area contributed by atoms with Gasteiger partial charge >= 0.3 is 0 Å². The van der Waals surface area contributed by atoms with Crippen molar-refractivity contribution in [2.24, 2.45) is 5.92 Å². The van der Waals surface area contributed by atoms with Crippen molar-refractivity contribution in [1.29, 1.82) is 0 Å². The fourth-order valence-corrected chi connectivity index (χ4v) is 2.31. The van der Waals surface area contributed by atoms with Crippen LogP contribution in [0.1, 0.15) is 51.2 Å². The zero-order valence-corrected chi connectivity index (χ0v) is 10.9. The molecule has 0 amide bonds. The molecule has 1 unspecified atom stereocenters. The minimum Gasteiger partial charge on any atom is -0.339 e. The quantitative estimate of drug-likeness (QED) is 0.854. The highest BCUT2D eigenvalue weighted by molar-refractivity contribution is 4.88. The van der Waals surface area contributed by atoms with Gasteiger partial charge in [0.25, 0.3) is 0 Å². The Morgan fingerprint density at radius 1 is 1.41 bits per heavy atom. The normalized spacial score (nSPS) is 21.0. The molecule has 0 bridgehead atoms. The van der Waals surface area contributed by atoms with Crippen LogP contribution in [0.15, 0.2) is 4.52 Å². The molecule has 0 aliphatic carbocycles. The predicted octanol–water partition coefficient (Wildman–Crippen LogP) is 2.34. The zero-order chi connectivity index (χ0) is 12.1. The molecule has 0 radical (unpaired) electrons. The first-order chi connectivity index (χ1) is 8.24. The summed E-state index contributed by atoms with van der Waals surface area (Å²) in [5.41, 5.74) is 0. The van der Waals surface area contributed by atoms with Crippen molar-refractivity contribution < 1.29 is 4.52 Å². The van der Waals surface area contributed by atoms with Crippen LogP contribution < -0.4 is 5.32 Å². The van der Waals surface area contributed by atoms with E-state index in [0.29, 0.717) is 12.0 Å². The third-order valence-corrected chi connectivity index (χ3v) is 3.22. The van der Waals surface area contributed by atoms with Gasteiger partial charge in [-0.15, -0.1) is 0 Å². The van der Waals surface area contributed by atoms with Crippen LogP contribution in [0.2, 0.25) is 0 Å². The van der Waals surface area contributed by atoms with Crippen molar-refractivity contribution in [2.75, 3.05) is 6.54 Å². The number of aromatic nitrogens is 2. The van der Waals surface area contributed by atoms with E-state index in [-0.39, 0.29) is 0 Å². The van der Waals surface area contributed by atoms with Crippen molar-refractivity contribution in [3.05, 3.63) is 11.7 Å². The van der Waals surface area contributed by atoms with Crippen LogP contribution in [0.5, 0.6) is 0 Å². The molecule has 4 nitrogen and oxygen atoms in total. The van der Waals surface area contributed by atoms with Crippen LogP contribution in [0.3, 0.4) is 0 Å². The Morgan fingerprint density at radius 3 is 3.00 bits per heavy atom. The molecule has 2 heterocycles. The van der Waals surface area contributed by atoms with Crippen LogP contribution in [-0.2, 0) is 12.8 Å². The van der Waals surface area contributed by atoms with Gasteiger partial charge in [-0.05, 0) is 31.7 Å². The number of hydrogen-bond donors (Lipinski definition) is 1. The van der Waals surface area contributed by atoms with E-state index in [1.54, 1.807) is 0 Å². The van der Waals surface area contributed by atoms with Gasteiger partial charge in [-0.1, -0.05) is 25.4 Å². The topological polar surface area (TPSA) is 51.0 Å². The first kappa shape index (κ1) is 12.6. The zero-order valence-electron chi connectivity index (χ0n) is 10.9. The lowest BCUT2D eigenvalue weighted by molar-refractivity contribution is 0.340. The van der Waals surface area contributed by atoms with Gasteiger partial charge in [-0.2, -0.15) is 4.98 Å². The van der Waals surface area contributed by atoms with Crippen LogP contribution in [0.4, 0.5) is 0 Å². The van der Waals surface area contributed by atoms with Gasteiger partial charge in [0.15, 0.2) is 5.82 Å². The minimum absolute atomic E-state index is 0.584. The Bertz CT molecular complexity index is 329. The van der Waals surface area contributed by atoms with E-state index < -0.39 is 0 Å². The molecule has 1 aliphatic rings. The molecule has 17 heavy (non-hydrogen) atoms. The number of hydrogen-bond acceptors (Lipinski definition) is 4. The van der Waals surface area contributed by atoms with E-state index in [1.165, 1.54) is 19.3 Å². The van der Waals surface area contributed by atoms with E-state index >= 15 is 0 Å². The molecule has 1 N–H and O–H groups in total. The van der Waals surface area contributed by atoms with Gasteiger partial charge < -0.3 is 9.84 Å². The molecule has 1 saturated heterocycles. The van der Waals surface area contributed by atoms with Crippen LogP contribution >= 0.6 is 0 Å². The SMILES string of the molecule is CC(C)Cc1noc(CCC2CCCCN2)n1. The molecule has 0 spiro atoms. The highest BCUT2D eigenvalue weighted by Crippen LogP contribution is 2.13. The van der Waals surface area contributed by atoms with Crippen molar-refractivity contribution in [3.8, 4) is 0 Å². The summed E-state index contributed by atoms with van der Waals surface area (Å²) in [7, 11) is 0. The Hall–Kier alpha value is -0.900. The fraction of sp³-hybridized carbons (Fsp3) is 0.846. The molecule has 96 valence electrons. The Balaban J connectivity index is 1.76. The summed E-state index contributed by atoms with van der Waals surface area (Å²) >= 11 is 0. The molecule has 0 saturated carbocycles. The lowest BCUT2D eigenvalue weighted by Gasteiger charge is -2.22. The highest BCUT2D eigenvalue weighted by Gasteiger charge is 2.14. The maximum atomic E-state index is 5.27. The fourth-order valence-electron chi connectivity index (χ4n) is 2.31. The van der Waals surface area contributed by atoms with Gasteiger partial charge in [0, 0.05) is 18.9 Å². The van der Waals surface area contributed by atoms with E-state index in [9.17, 15) is 0 Å². The third kappa shape index (κ3) is 4.11. The van der Waals surface area contributed by atoms with E-state index in [4.69, 9.17) is 4.52 Å². The molecule has 1 aliphatic heterocycles. The molecule has 1 fully saturated rings. The molecule has 1 atom stereocenters. The number of aryl methyl sites for hydroxylation is 1. The smallest absolute Gasteiger partial charge is 0.226 e. The maximum absolute atomic E-state index is 5.27. The monoisotopic (exact) mass is 237 g/mol. The summed E-state index contributed by atoms with van der Waals surface area (Å²) in [6.45, 7) is 5.50. The Labute approximate surface area is 103 Å². The van der Waals surface area contributed by atoms with E-state index in [2.05, 4.69) is 29.3 Å². The van der Waals surface area contributed by atoms with Crippen LogP contribution in [0, 0.1) is 5.92 Å². The van der Waals surface area contributed by atoms with Crippen molar-refractivity contribution >= 4 is 0 Å². The number of piperidine rings is 1. The largest absolute Gasteiger partial charge is 0.339 e. The molecule has 4 heteroatoms. The molecule has 2 rings (SSSR count). The molecule has 1 aromatic rings. The average molecular weight is 237 g/mol. The van der Waals surface area contributed by atoms with Crippen molar-refractivity contribution in [1.82, 2.24) is 15.5 Å². The second-order valence-electron chi connectivity index (χ2n) is 5.39. The summed E-state index contributed by atoms with van der Waals surface area (Å²) < 4.78 is 5.27.